The van der Waals surface area contributed by atoms with Gasteiger partial charge in [0.1, 0.15) is 0 Å². The molecule has 0 aromatic rings. The van der Waals surface area contributed by atoms with Crippen molar-refractivity contribution in [1.82, 2.24) is 0 Å². The van der Waals surface area contributed by atoms with E-state index in [-0.39, 0.29) is 0 Å². The molecule has 1 heteroatoms. The molecule has 0 bridgehead atoms. The molecule has 0 aliphatic carbocycles. The zero-order valence-electron chi connectivity index (χ0n) is 8.97. The van der Waals surface area contributed by atoms with Crippen molar-refractivity contribution in [2.75, 3.05) is 0 Å². The second kappa shape index (κ2) is 7.60. The summed E-state index contributed by atoms with van der Waals surface area (Å²) in [6, 6.07) is 0.437. The topological polar surface area (TPSA) is 26.0 Å². The van der Waals surface area contributed by atoms with Gasteiger partial charge < -0.3 is 5.73 Å². The molecular weight excluding hydrogens is 146 g/mol. The highest BCUT2D eigenvalue weighted by Crippen LogP contribution is 2.18. The van der Waals surface area contributed by atoms with Gasteiger partial charge in [0.25, 0.3) is 0 Å². The Morgan fingerprint density at radius 2 is 1.75 bits per heavy atom. The summed E-state index contributed by atoms with van der Waals surface area (Å²) < 4.78 is 0. The van der Waals surface area contributed by atoms with Crippen LogP contribution in [0.3, 0.4) is 0 Å². The normalized spacial score (nSPS) is 16.0. The molecule has 0 saturated carbocycles. The summed E-state index contributed by atoms with van der Waals surface area (Å²) >= 11 is 0. The van der Waals surface area contributed by atoms with E-state index in [4.69, 9.17) is 5.73 Å². The van der Waals surface area contributed by atoms with Crippen molar-refractivity contribution in [3.05, 3.63) is 0 Å². The van der Waals surface area contributed by atoms with Gasteiger partial charge in [0.15, 0.2) is 0 Å². The highest BCUT2D eigenvalue weighted by molar-refractivity contribution is 4.66. The first-order chi connectivity index (χ1) is 5.74. The molecule has 2 atom stereocenters. The Balaban J connectivity index is 3.51. The molecule has 0 aromatic carbocycles. The van der Waals surface area contributed by atoms with Gasteiger partial charge in [-0.1, -0.05) is 46.5 Å². The van der Waals surface area contributed by atoms with Gasteiger partial charge in [-0.25, -0.2) is 0 Å². The first kappa shape index (κ1) is 12.0. The van der Waals surface area contributed by atoms with Crippen molar-refractivity contribution >= 4 is 0 Å². The Labute approximate surface area is 77.7 Å². The van der Waals surface area contributed by atoms with Gasteiger partial charge in [-0.05, 0) is 18.8 Å². The summed E-state index contributed by atoms with van der Waals surface area (Å²) in [5.41, 5.74) is 5.92. The second-order valence-electron chi connectivity index (χ2n) is 3.82. The number of hydrogen-bond acceptors (Lipinski definition) is 1. The average Bonchev–Trinajstić information content (AvgIpc) is 2.11. The Kier molecular flexibility index (Phi) is 7.58. The van der Waals surface area contributed by atoms with E-state index in [0.717, 1.165) is 12.3 Å². The molecule has 0 heterocycles. The fraction of sp³-hybridized carbons (Fsp3) is 1.00. The summed E-state index contributed by atoms with van der Waals surface area (Å²) in [5.74, 6) is 0.875. The lowest BCUT2D eigenvalue weighted by Gasteiger charge is -2.18. The monoisotopic (exact) mass is 171 g/mol. The largest absolute Gasteiger partial charge is 0.328 e. The lowest BCUT2D eigenvalue weighted by molar-refractivity contribution is 0.380. The van der Waals surface area contributed by atoms with Crippen LogP contribution in [0, 0.1) is 5.92 Å². The highest BCUT2D eigenvalue weighted by Gasteiger charge is 2.09. The maximum Gasteiger partial charge on any atom is 0.00388 e. The van der Waals surface area contributed by atoms with Crippen LogP contribution >= 0.6 is 0 Å². The SMILES string of the molecule is CCCCC(CC)CC(N)CC. The minimum atomic E-state index is 0.437. The third-order valence-electron chi connectivity index (χ3n) is 2.70. The molecule has 0 amide bonds. The number of unbranched alkanes of at least 4 members (excludes halogenated alkanes) is 1. The maximum atomic E-state index is 5.92. The first-order valence-electron chi connectivity index (χ1n) is 5.50. The zero-order valence-corrected chi connectivity index (χ0v) is 8.97. The van der Waals surface area contributed by atoms with Crippen LogP contribution in [0.15, 0.2) is 0 Å². The minimum Gasteiger partial charge on any atom is -0.328 e. The molecule has 0 radical (unpaired) electrons. The van der Waals surface area contributed by atoms with Gasteiger partial charge in [-0.2, -0.15) is 0 Å². The van der Waals surface area contributed by atoms with Gasteiger partial charge in [0.2, 0.25) is 0 Å². The molecule has 0 spiro atoms. The highest BCUT2D eigenvalue weighted by atomic mass is 14.6. The van der Waals surface area contributed by atoms with Crippen molar-refractivity contribution in [2.45, 2.75) is 65.3 Å². The van der Waals surface area contributed by atoms with E-state index in [1.165, 1.54) is 32.1 Å². The van der Waals surface area contributed by atoms with Crippen molar-refractivity contribution in [3.63, 3.8) is 0 Å². The molecule has 0 fully saturated rings. The van der Waals surface area contributed by atoms with Crippen LogP contribution in [0.1, 0.15) is 59.3 Å². The van der Waals surface area contributed by atoms with E-state index >= 15 is 0 Å². The fourth-order valence-corrected chi connectivity index (χ4v) is 1.58. The third kappa shape index (κ3) is 5.59. The van der Waals surface area contributed by atoms with Crippen molar-refractivity contribution < 1.29 is 0 Å². The Morgan fingerprint density at radius 3 is 2.17 bits per heavy atom. The van der Waals surface area contributed by atoms with Gasteiger partial charge in [0, 0.05) is 6.04 Å². The molecule has 1 nitrogen and oxygen atoms in total. The lowest BCUT2D eigenvalue weighted by atomic mass is 9.91. The van der Waals surface area contributed by atoms with E-state index in [1.54, 1.807) is 0 Å². The average molecular weight is 171 g/mol. The molecule has 0 aromatic heterocycles. The summed E-state index contributed by atoms with van der Waals surface area (Å²) in [7, 11) is 0. The molecular formula is C11H25N. The van der Waals surface area contributed by atoms with Crippen LogP contribution in [-0.4, -0.2) is 6.04 Å². The number of nitrogens with two attached hydrogens (primary N) is 1. The summed E-state index contributed by atoms with van der Waals surface area (Å²) in [6.07, 6.45) is 7.72. The minimum absolute atomic E-state index is 0.437. The summed E-state index contributed by atoms with van der Waals surface area (Å²) in [4.78, 5) is 0. The summed E-state index contributed by atoms with van der Waals surface area (Å²) in [6.45, 7) is 6.71. The Bertz CT molecular complexity index is 91.0. The standard InChI is InChI=1S/C11H25N/c1-4-7-8-10(5-2)9-11(12)6-3/h10-11H,4-9,12H2,1-3H3. The zero-order chi connectivity index (χ0) is 9.40. The lowest BCUT2D eigenvalue weighted by Crippen LogP contribution is -2.22. The predicted molar refractivity (Wildman–Crippen MR) is 56.2 cm³/mol. The quantitative estimate of drug-likeness (QED) is 0.624. The Morgan fingerprint density at radius 1 is 1.08 bits per heavy atom. The summed E-state index contributed by atoms with van der Waals surface area (Å²) in [5, 5.41) is 0. The number of hydrogen-bond donors (Lipinski definition) is 1. The second-order valence-corrected chi connectivity index (χ2v) is 3.82. The van der Waals surface area contributed by atoms with E-state index < -0.39 is 0 Å². The van der Waals surface area contributed by atoms with E-state index in [9.17, 15) is 0 Å². The molecule has 2 N–H and O–H groups in total. The van der Waals surface area contributed by atoms with Gasteiger partial charge in [-0.3, -0.25) is 0 Å². The Hall–Kier alpha value is -0.0400. The molecule has 0 aliphatic rings. The number of rotatable bonds is 7. The molecule has 0 rings (SSSR count). The van der Waals surface area contributed by atoms with Crippen LogP contribution in [0.4, 0.5) is 0 Å². The molecule has 74 valence electrons. The molecule has 2 unspecified atom stereocenters. The van der Waals surface area contributed by atoms with Crippen LogP contribution in [0.25, 0.3) is 0 Å². The van der Waals surface area contributed by atoms with E-state index in [1.807, 2.05) is 0 Å². The maximum absolute atomic E-state index is 5.92. The van der Waals surface area contributed by atoms with Gasteiger partial charge in [-0.15, -0.1) is 0 Å². The molecule has 0 saturated heterocycles. The van der Waals surface area contributed by atoms with Crippen LogP contribution in [0.2, 0.25) is 0 Å². The van der Waals surface area contributed by atoms with Crippen molar-refractivity contribution in [3.8, 4) is 0 Å². The smallest absolute Gasteiger partial charge is 0.00388 e. The molecule has 12 heavy (non-hydrogen) atoms. The van der Waals surface area contributed by atoms with Gasteiger partial charge in [0.05, 0.1) is 0 Å². The van der Waals surface area contributed by atoms with Crippen molar-refractivity contribution in [1.29, 1.82) is 0 Å². The van der Waals surface area contributed by atoms with Gasteiger partial charge >= 0.3 is 0 Å². The predicted octanol–water partition coefficient (Wildman–Crippen LogP) is 3.33. The third-order valence-corrected chi connectivity index (χ3v) is 2.70. The van der Waals surface area contributed by atoms with Crippen LogP contribution < -0.4 is 5.73 Å². The van der Waals surface area contributed by atoms with Crippen LogP contribution in [-0.2, 0) is 0 Å². The van der Waals surface area contributed by atoms with E-state index in [2.05, 4.69) is 20.8 Å². The molecule has 0 aliphatic heterocycles. The fourth-order valence-electron chi connectivity index (χ4n) is 1.58. The van der Waals surface area contributed by atoms with E-state index in [0.29, 0.717) is 6.04 Å². The first-order valence-corrected chi connectivity index (χ1v) is 5.50. The van der Waals surface area contributed by atoms with Crippen LogP contribution in [0.5, 0.6) is 0 Å². The van der Waals surface area contributed by atoms with Crippen molar-refractivity contribution in [2.24, 2.45) is 11.7 Å².